The van der Waals surface area contributed by atoms with Crippen molar-refractivity contribution in [3.05, 3.63) is 0 Å². The lowest BCUT2D eigenvalue weighted by Gasteiger charge is -2.34. The van der Waals surface area contributed by atoms with Gasteiger partial charge >= 0.3 is 0 Å². The molecule has 1 fully saturated rings. The molecule has 1 unspecified atom stereocenters. The van der Waals surface area contributed by atoms with Crippen molar-refractivity contribution in [2.75, 3.05) is 66.2 Å². The molecule has 0 aromatic rings. The van der Waals surface area contributed by atoms with Crippen LogP contribution in [0.5, 0.6) is 0 Å². The van der Waals surface area contributed by atoms with Crippen LogP contribution in [0.4, 0.5) is 0 Å². The molecule has 0 amide bonds. The van der Waals surface area contributed by atoms with Crippen LogP contribution in [0.2, 0.25) is 0 Å². The summed E-state index contributed by atoms with van der Waals surface area (Å²) in [7, 11) is 1.63. The number of hydrogen-bond acceptors (Lipinski definition) is 6. The van der Waals surface area contributed by atoms with Crippen molar-refractivity contribution in [2.45, 2.75) is 6.10 Å². The fourth-order valence-corrected chi connectivity index (χ4v) is 1.94. The van der Waals surface area contributed by atoms with Gasteiger partial charge in [0, 0.05) is 39.8 Å². The van der Waals surface area contributed by atoms with Gasteiger partial charge in [0.25, 0.3) is 0 Å². The number of ether oxygens (including phenoxy) is 2. The van der Waals surface area contributed by atoms with E-state index in [1.54, 1.807) is 7.11 Å². The number of aliphatic hydroxyl groups excluding tert-OH is 1. The van der Waals surface area contributed by atoms with Crippen molar-refractivity contribution < 1.29 is 14.6 Å². The van der Waals surface area contributed by atoms with Gasteiger partial charge in [-0.3, -0.25) is 9.80 Å². The summed E-state index contributed by atoms with van der Waals surface area (Å²) in [5, 5.41) is 18.4. The maximum atomic E-state index is 9.80. The zero-order valence-corrected chi connectivity index (χ0v) is 11.0. The number of β-amino-alcohol motifs (C(OH)–C–C–N with tert-alkyl or cyclic N) is 1. The van der Waals surface area contributed by atoms with Gasteiger partial charge in [0.1, 0.15) is 0 Å². The predicted octanol–water partition coefficient (Wildman–Crippen LogP) is -0.849. The van der Waals surface area contributed by atoms with Gasteiger partial charge in [0.05, 0.1) is 38.5 Å². The average Bonchev–Trinajstić information content (AvgIpc) is 2.37. The highest BCUT2D eigenvalue weighted by Gasteiger charge is 2.18. The number of nitriles is 1. The average molecular weight is 257 g/mol. The lowest BCUT2D eigenvalue weighted by Crippen LogP contribution is -2.49. The van der Waals surface area contributed by atoms with E-state index in [0.717, 1.165) is 26.2 Å². The molecule has 1 atom stereocenters. The second-order valence-electron chi connectivity index (χ2n) is 4.46. The van der Waals surface area contributed by atoms with Gasteiger partial charge in [-0.05, 0) is 0 Å². The smallest absolute Gasteiger partial charge is 0.0900 e. The summed E-state index contributed by atoms with van der Waals surface area (Å²) in [5.41, 5.74) is 0. The molecule has 104 valence electrons. The Kier molecular flexibility index (Phi) is 7.89. The second-order valence-corrected chi connectivity index (χ2v) is 4.46. The van der Waals surface area contributed by atoms with Crippen LogP contribution >= 0.6 is 0 Å². The van der Waals surface area contributed by atoms with Gasteiger partial charge < -0.3 is 14.6 Å². The fraction of sp³-hybridized carbons (Fsp3) is 0.917. The van der Waals surface area contributed by atoms with Crippen LogP contribution in [0, 0.1) is 11.3 Å². The lowest BCUT2D eigenvalue weighted by atomic mass is 10.2. The van der Waals surface area contributed by atoms with Crippen LogP contribution in [0.3, 0.4) is 0 Å². The van der Waals surface area contributed by atoms with Crippen LogP contribution < -0.4 is 0 Å². The van der Waals surface area contributed by atoms with Gasteiger partial charge in [0.2, 0.25) is 0 Å². The highest BCUT2D eigenvalue weighted by molar-refractivity contribution is 4.81. The maximum absolute atomic E-state index is 9.80. The van der Waals surface area contributed by atoms with E-state index in [4.69, 9.17) is 14.7 Å². The summed E-state index contributed by atoms with van der Waals surface area (Å²) in [5.74, 6) is 0. The number of rotatable bonds is 8. The molecule has 0 saturated carbocycles. The molecule has 0 aromatic carbocycles. The SMILES string of the molecule is COCCOCC(O)CN1CCN(CC#N)CC1. The minimum Gasteiger partial charge on any atom is -0.389 e. The van der Waals surface area contributed by atoms with Crippen molar-refractivity contribution >= 4 is 0 Å². The number of hydrogen-bond donors (Lipinski definition) is 1. The topological polar surface area (TPSA) is 69.0 Å². The summed E-state index contributed by atoms with van der Waals surface area (Å²) in [4.78, 5) is 4.33. The molecule has 0 radical (unpaired) electrons. The van der Waals surface area contributed by atoms with E-state index in [0.29, 0.717) is 32.9 Å². The van der Waals surface area contributed by atoms with E-state index >= 15 is 0 Å². The molecule has 1 N–H and O–H groups in total. The van der Waals surface area contributed by atoms with Crippen molar-refractivity contribution in [2.24, 2.45) is 0 Å². The summed E-state index contributed by atoms with van der Waals surface area (Å²) < 4.78 is 10.1. The molecule has 1 rings (SSSR count). The monoisotopic (exact) mass is 257 g/mol. The van der Waals surface area contributed by atoms with E-state index < -0.39 is 6.10 Å². The molecule has 6 heteroatoms. The predicted molar refractivity (Wildman–Crippen MR) is 67.2 cm³/mol. The molecule has 18 heavy (non-hydrogen) atoms. The highest BCUT2D eigenvalue weighted by atomic mass is 16.5. The zero-order chi connectivity index (χ0) is 13.2. The van der Waals surface area contributed by atoms with Gasteiger partial charge in [-0.1, -0.05) is 0 Å². The Balaban J connectivity index is 2.07. The largest absolute Gasteiger partial charge is 0.389 e. The Hall–Kier alpha value is -0.710. The van der Waals surface area contributed by atoms with Crippen molar-refractivity contribution in [3.8, 4) is 6.07 Å². The van der Waals surface area contributed by atoms with Crippen LogP contribution in [-0.2, 0) is 9.47 Å². The van der Waals surface area contributed by atoms with Gasteiger partial charge in [-0.15, -0.1) is 0 Å². The molecule has 1 saturated heterocycles. The van der Waals surface area contributed by atoms with Gasteiger partial charge in [-0.25, -0.2) is 0 Å². The summed E-state index contributed by atoms with van der Waals surface area (Å²) in [6.45, 7) is 6.14. The number of nitrogens with zero attached hydrogens (tertiary/aromatic N) is 3. The Morgan fingerprint density at radius 1 is 1.22 bits per heavy atom. The third kappa shape index (κ3) is 6.28. The van der Waals surface area contributed by atoms with Crippen molar-refractivity contribution in [3.63, 3.8) is 0 Å². The molecular weight excluding hydrogens is 234 g/mol. The van der Waals surface area contributed by atoms with E-state index in [1.165, 1.54) is 0 Å². The minimum absolute atomic E-state index is 0.349. The van der Waals surface area contributed by atoms with E-state index in [1.807, 2.05) is 0 Å². The zero-order valence-electron chi connectivity index (χ0n) is 11.0. The van der Waals surface area contributed by atoms with Crippen molar-refractivity contribution in [1.29, 1.82) is 5.26 Å². The summed E-state index contributed by atoms with van der Waals surface area (Å²) >= 11 is 0. The molecule has 0 aliphatic carbocycles. The number of methoxy groups -OCH3 is 1. The first-order valence-corrected chi connectivity index (χ1v) is 6.32. The molecule has 0 bridgehead atoms. The van der Waals surface area contributed by atoms with E-state index in [-0.39, 0.29) is 0 Å². The fourth-order valence-electron chi connectivity index (χ4n) is 1.94. The molecule has 1 aliphatic rings. The normalized spacial score (nSPS) is 19.6. The van der Waals surface area contributed by atoms with E-state index in [2.05, 4.69) is 15.9 Å². The van der Waals surface area contributed by atoms with Crippen molar-refractivity contribution in [1.82, 2.24) is 9.80 Å². The Labute approximate surface area is 109 Å². The van der Waals surface area contributed by atoms with Crippen LogP contribution in [0.25, 0.3) is 0 Å². The third-order valence-electron chi connectivity index (χ3n) is 2.97. The third-order valence-corrected chi connectivity index (χ3v) is 2.97. The molecule has 1 aliphatic heterocycles. The number of aliphatic hydroxyl groups is 1. The number of piperazine rings is 1. The molecule has 1 heterocycles. The highest BCUT2D eigenvalue weighted by Crippen LogP contribution is 2.02. The molecule has 6 nitrogen and oxygen atoms in total. The first-order valence-electron chi connectivity index (χ1n) is 6.32. The standard InChI is InChI=1S/C12H23N3O3/c1-17-8-9-18-11-12(16)10-15-6-4-14(3-2-13)5-7-15/h12,16H,3-11H2,1H3. The molecular formula is C12H23N3O3. The molecule has 0 aromatic heterocycles. The Morgan fingerprint density at radius 3 is 2.50 bits per heavy atom. The maximum Gasteiger partial charge on any atom is 0.0900 e. The Morgan fingerprint density at radius 2 is 1.89 bits per heavy atom. The van der Waals surface area contributed by atoms with E-state index in [9.17, 15) is 5.11 Å². The quantitative estimate of drug-likeness (QED) is 0.451. The summed E-state index contributed by atoms with van der Waals surface area (Å²) in [6.07, 6.45) is -0.454. The van der Waals surface area contributed by atoms with Crippen LogP contribution in [0.1, 0.15) is 0 Å². The Bertz CT molecular complexity index is 249. The summed E-state index contributed by atoms with van der Waals surface area (Å²) in [6, 6.07) is 2.16. The van der Waals surface area contributed by atoms with Gasteiger partial charge in [-0.2, -0.15) is 5.26 Å². The molecule has 0 spiro atoms. The lowest BCUT2D eigenvalue weighted by molar-refractivity contribution is -0.00626. The second kappa shape index (κ2) is 9.25. The minimum atomic E-state index is -0.454. The first kappa shape index (κ1) is 15.3. The van der Waals surface area contributed by atoms with Crippen LogP contribution in [0.15, 0.2) is 0 Å². The van der Waals surface area contributed by atoms with Crippen LogP contribution in [-0.4, -0.2) is 87.2 Å². The first-order chi connectivity index (χ1) is 8.76. The van der Waals surface area contributed by atoms with Gasteiger partial charge in [0.15, 0.2) is 0 Å².